The molecule has 0 atom stereocenters. The molecule has 0 amide bonds. The normalized spacial score (nSPS) is 9.90. The van der Waals surface area contributed by atoms with Gasteiger partial charge in [0, 0.05) is 16.3 Å². The number of nitrogens with zero attached hydrogens (tertiary/aromatic N) is 1. The summed E-state index contributed by atoms with van der Waals surface area (Å²) in [6.45, 7) is 7.68. The van der Waals surface area contributed by atoms with Crippen LogP contribution in [0.25, 0.3) is 11.1 Å². The third-order valence-electron chi connectivity index (χ3n) is 3.07. The molecule has 0 fully saturated rings. The van der Waals surface area contributed by atoms with Crippen molar-refractivity contribution in [2.24, 2.45) is 0 Å². The minimum Gasteiger partial charge on any atom is -0.347 e. The average molecular weight is 283 g/mol. The highest BCUT2D eigenvalue weighted by Gasteiger charge is 2.07. The fraction of sp³-hybridized carbons (Fsp3) is 0.118. The van der Waals surface area contributed by atoms with Gasteiger partial charge in [0.15, 0.2) is 0 Å². The van der Waals surface area contributed by atoms with Crippen LogP contribution in [0, 0.1) is 25.2 Å². The van der Waals surface area contributed by atoms with Crippen molar-refractivity contribution in [2.75, 3.05) is 5.32 Å². The van der Waals surface area contributed by atoms with Crippen LogP contribution in [0.5, 0.6) is 0 Å². The largest absolute Gasteiger partial charge is 0.347 e. The number of rotatable bonds is 3. The summed E-state index contributed by atoms with van der Waals surface area (Å²) in [4.78, 5) is 0. The highest BCUT2D eigenvalue weighted by Crippen LogP contribution is 2.32. The number of hydrogen-bond donors (Lipinski definition) is 1. The van der Waals surface area contributed by atoms with Crippen LogP contribution in [0.4, 0.5) is 5.69 Å². The first kappa shape index (κ1) is 14.2. The monoisotopic (exact) mass is 282 g/mol. The molecular weight excluding hydrogens is 268 g/mol. The van der Waals surface area contributed by atoms with Crippen molar-refractivity contribution in [3.8, 4) is 17.2 Å². The van der Waals surface area contributed by atoms with Crippen molar-refractivity contribution >= 4 is 17.3 Å². The Kier molecular flexibility index (Phi) is 4.12. The van der Waals surface area contributed by atoms with E-state index in [0.717, 1.165) is 27.4 Å². The van der Waals surface area contributed by atoms with E-state index < -0.39 is 0 Å². The highest BCUT2D eigenvalue weighted by molar-refractivity contribution is 6.33. The molecule has 20 heavy (non-hydrogen) atoms. The number of hydrogen-bond acceptors (Lipinski definition) is 2. The topological polar surface area (TPSA) is 35.8 Å². The summed E-state index contributed by atoms with van der Waals surface area (Å²) >= 11 is 6.28. The lowest BCUT2D eigenvalue weighted by Crippen LogP contribution is -1.96. The lowest BCUT2D eigenvalue weighted by Gasteiger charge is -2.12. The molecule has 0 heterocycles. The van der Waals surface area contributed by atoms with Gasteiger partial charge in [-0.15, -0.1) is 0 Å². The lowest BCUT2D eigenvalue weighted by atomic mass is 9.98. The van der Waals surface area contributed by atoms with E-state index in [9.17, 15) is 0 Å². The number of nitriles is 1. The maximum Gasteiger partial charge on any atom is 0.117 e. The van der Waals surface area contributed by atoms with E-state index in [2.05, 4.69) is 18.0 Å². The zero-order valence-electron chi connectivity index (χ0n) is 11.5. The van der Waals surface area contributed by atoms with E-state index in [1.165, 1.54) is 5.56 Å². The van der Waals surface area contributed by atoms with E-state index in [0.29, 0.717) is 5.70 Å². The summed E-state index contributed by atoms with van der Waals surface area (Å²) in [5, 5.41) is 12.4. The maximum absolute atomic E-state index is 8.74. The summed E-state index contributed by atoms with van der Waals surface area (Å²) < 4.78 is 0. The standard InChI is InChI=1S/C17H15ClN2/c1-11-4-7-17(18)16(8-11)15-6-5-14(9-12(15)2)20-13(3)10-19/h4-9,20H,3H2,1-2H3. The van der Waals surface area contributed by atoms with Crippen molar-refractivity contribution in [3.05, 3.63) is 64.8 Å². The highest BCUT2D eigenvalue weighted by atomic mass is 35.5. The predicted molar refractivity (Wildman–Crippen MR) is 84.7 cm³/mol. The number of anilines is 1. The molecule has 0 aliphatic carbocycles. The molecule has 2 aromatic rings. The van der Waals surface area contributed by atoms with Crippen LogP contribution in [-0.4, -0.2) is 0 Å². The van der Waals surface area contributed by atoms with Crippen LogP contribution in [0.3, 0.4) is 0 Å². The minimum absolute atomic E-state index is 0.325. The Balaban J connectivity index is 2.42. The van der Waals surface area contributed by atoms with Gasteiger partial charge in [-0.05, 0) is 49.2 Å². The van der Waals surface area contributed by atoms with Crippen LogP contribution < -0.4 is 5.32 Å². The van der Waals surface area contributed by atoms with Gasteiger partial charge in [-0.2, -0.15) is 5.26 Å². The molecule has 0 bridgehead atoms. The number of benzene rings is 2. The molecule has 2 rings (SSSR count). The van der Waals surface area contributed by atoms with E-state index in [1.54, 1.807) is 0 Å². The first-order valence-electron chi connectivity index (χ1n) is 6.24. The van der Waals surface area contributed by atoms with E-state index in [1.807, 2.05) is 50.2 Å². The molecule has 1 N–H and O–H groups in total. The number of allylic oxidation sites excluding steroid dienone is 1. The van der Waals surface area contributed by atoms with Gasteiger partial charge in [0.25, 0.3) is 0 Å². The summed E-state index contributed by atoms with van der Waals surface area (Å²) in [7, 11) is 0. The Morgan fingerprint density at radius 3 is 2.55 bits per heavy atom. The molecule has 0 aliphatic rings. The van der Waals surface area contributed by atoms with Gasteiger partial charge in [0.1, 0.15) is 11.8 Å². The molecule has 0 saturated carbocycles. The molecule has 2 aromatic carbocycles. The van der Waals surface area contributed by atoms with Gasteiger partial charge >= 0.3 is 0 Å². The molecule has 0 aromatic heterocycles. The Morgan fingerprint density at radius 1 is 1.15 bits per heavy atom. The van der Waals surface area contributed by atoms with Gasteiger partial charge in [0.2, 0.25) is 0 Å². The Bertz CT molecular complexity index is 711. The van der Waals surface area contributed by atoms with Crippen molar-refractivity contribution < 1.29 is 0 Å². The van der Waals surface area contributed by atoms with Gasteiger partial charge in [0.05, 0.1) is 0 Å². The SMILES string of the molecule is C=C(C#N)Nc1ccc(-c2cc(C)ccc2Cl)c(C)c1. The summed E-state index contributed by atoms with van der Waals surface area (Å²) in [6, 6.07) is 13.9. The first-order chi connectivity index (χ1) is 9.51. The molecule has 0 aliphatic heterocycles. The molecule has 3 heteroatoms. The van der Waals surface area contributed by atoms with Crippen LogP contribution in [0.2, 0.25) is 5.02 Å². The second kappa shape index (κ2) is 5.81. The number of aryl methyl sites for hydroxylation is 2. The number of halogens is 1. The zero-order chi connectivity index (χ0) is 14.7. The van der Waals surface area contributed by atoms with Gasteiger partial charge in [-0.25, -0.2) is 0 Å². The van der Waals surface area contributed by atoms with Crippen LogP contribution in [0.15, 0.2) is 48.7 Å². The fourth-order valence-corrected chi connectivity index (χ4v) is 2.31. The van der Waals surface area contributed by atoms with Crippen LogP contribution in [0.1, 0.15) is 11.1 Å². The zero-order valence-corrected chi connectivity index (χ0v) is 12.3. The molecule has 0 unspecified atom stereocenters. The predicted octanol–water partition coefficient (Wildman–Crippen LogP) is 5.07. The quantitative estimate of drug-likeness (QED) is 0.798. The van der Waals surface area contributed by atoms with E-state index >= 15 is 0 Å². The Morgan fingerprint density at radius 2 is 1.90 bits per heavy atom. The summed E-state index contributed by atoms with van der Waals surface area (Å²) in [5.74, 6) is 0. The summed E-state index contributed by atoms with van der Waals surface area (Å²) in [6.07, 6.45) is 0. The van der Waals surface area contributed by atoms with Crippen LogP contribution >= 0.6 is 11.6 Å². The van der Waals surface area contributed by atoms with Gasteiger partial charge in [-0.1, -0.05) is 35.9 Å². The van der Waals surface area contributed by atoms with Crippen LogP contribution in [-0.2, 0) is 0 Å². The van der Waals surface area contributed by atoms with Crippen molar-refractivity contribution in [1.82, 2.24) is 0 Å². The molecule has 100 valence electrons. The average Bonchev–Trinajstić information content (AvgIpc) is 2.42. The first-order valence-corrected chi connectivity index (χ1v) is 6.62. The molecule has 2 nitrogen and oxygen atoms in total. The van der Waals surface area contributed by atoms with Crippen molar-refractivity contribution in [1.29, 1.82) is 5.26 Å². The summed E-state index contributed by atoms with van der Waals surface area (Å²) in [5.41, 5.74) is 5.55. The maximum atomic E-state index is 8.74. The minimum atomic E-state index is 0.325. The van der Waals surface area contributed by atoms with Gasteiger partial charge < -0.3 is 5.32 Å². The second-order valence-corrected chi connectivity index (χ2v) is 5.14. The lowest BCUT2D eigenvalue weighted by molar-refractivity contribution is 1.40. The Hall–Kier alpha value is -2.24. The smallest absolute Gasteiger partial charge is 0.117 e. The van der Waals surface area contributed by atoms with E-state index in [-0.39, 0.29) is 0 Å². The van der Waals surface area contributed by atoms with Gasteiger partial charge in [-0.3, -0.25) is 0 Å². The number of nitrogens with one attached hydrogen (secondary N) is 1. The van der Waals surface area contributed by atoms with E-state index in [4.69, 9.17) is 16.9 Å². The third kappa shape index (κ3) is 3.01. The second-order valence-electron chi connectivity index (χ2n) is 4.73. The van der Waals surface area contributed by atoms with Crippen molar-refractivity contribution in [3.63, 3.8) is 0 Å². The van der Waals surface area contributed by atoms with Crippen molar-refractivity contribution in [2.45, 2.75) is 13.8 Å². The molecule has 0 radical (unpaired) electrons. The Labute approximate surface area is 124 Å². The fourth-order valence-electron chi connectivity index (χ4n) is 2.09. The third-order valence-corrected chi connectivity index (χ3v) is 3.40. The molecule has 0 spiro atoms. The molecule has 0 saturated heterocycles. The molecular formula is C17H15ClN2.